The number of benzene rings is 2. The number of nitrogens with two attached hydrogens (primary N) is 1. The third kappa shape index (κ3) is 10.6. The van der Waals surface area contributed by atoms with Gasteiger partial charge in [-0.05, 0) is 48.5 Å². The monoisotopic (exact) mass is 478 g/mol. The number of halogens is 3. The molecule has 33 heavy (non-hydrogen) atoms. The van der Waals surface area contributed by atoms with Gasteiger partial charge in [0.25, 0.3) is 0 Å². The fraction of sp³-hybridized carbons (Fsp3) is 0.273. The van der Waals surface area contributed by atoms with Crippen molar-refractivity contribution in [2.75, 3.05) is 6.54 Å². The summed E-state index contributed by atoms with van der Waals surface area (Å²) < 4.78 is 40.3. The van der Waals surface area contributed by atoms with E-state index in [1.165, 1.54) is 18.5 Å². The average Bonchev–Trinajstić information content (AvgIpc) is 2.77. The summed E-state index contributed by atoms with van der Waals surface area (Å²) in [5.74, 6) is -0.0943. The van der Waals surface area contributed by atoms with E-state index in [9.17, 15) is 13.2 Å². The van der Waals surface area contributed by atoms with Crippen molar-refractivity contribution in [1.29, 1.82) is 0 Å². The summed E-state index contributed by atoms with van der Waals surface area (Å²) in [6, 6.07) is 12.3. The number of nitrogens with zero attached hydrogens (tertiary/aromatic N) is 3. The minimum Gasteiger partial charge on any atom is -0.406 e. The second-order valence-electron chi connectivity index (χ2n) is 6.76. The number of unbranched alkanes of at least 4 members (excludes halogenated alkanes) is 2. The smallest absolute Gasteiger partial charge is 0.406 e. The summed E-state index contributed by atoms with van der Waals surface area (Å²) in [5.41, 5.74) is 10.6. The van der Waals surface area contributed by atoms with E-state index in [2.05, 4.69) is 37.5 Å². The van der Waals surface area contributed by atoms with Crippen LogP contribution in [-0.4, -0.2) is 36.4 Å². The Kier molecular flexibility index (Phi) is 10.3. The van der Waals surface area contributed by atoms with Gasteiger partial charge in [0.15, 0.2) is 5.11 Å². The van der Waals surface area contributed by atoms with Crippen LogP contribution >= 0.6 is 12.2 Å². The van der Waals surface area contributed by atoms with E-state index in [-0.39, 0.29) is 11.6 Å². The third-order valence-corrected chi connectivity index (χ3v) is 4.36. The second kappa shape index (κ2) is 13.2. The molecule has 0 bridgehead atoms. The number of rotatable bonds is 10. The minimum absolute atomic E-state index is 0.231. The van der Waals surface area contributed by atoms with Crippen molar-refractivity contribution in [1.82, 2.24) is 10.7 Å². The largest absolute Gasteiger partial charge is 0.573 e. The molecule has 0 heterocycles. The highest BCUT2D eigenvalue weighted by atomic mass is 32.1. The molecule has 2 aromatic rings. The SMILES string of the molecule is CCCCCNC(=S)N/N=C/c1ccc(C(N)=NC=Nc2ccc(OC(F)(F)F)cc2)cc1. The summed E-state index contributed by atoms with van der Waals surface area (Å²) in [7, 11) is 0. The van der Waals surface area contributed by atoms with Gasteiger partial charge in [0.05, 0.1) is 11.9 Å². The van der Waals surface area contributed by atoms with Crippen LogP contribution in [-0.2, 0) is 0 Å². The molecule has 0 saturated heterocycles. The Morgan fingerprint density at radius 3 is 2.42 bits per heavy atom. The van der Waals surface area contributed by atoms with E-state index in [0.717, 1.165) is 43.5 Å². The lowest BCUT2D eigenvalue weighted by atomic mass is 10.1. The summed E-state index contributed by atoms with van der Waals surface area (Å²) in [5, 5.41) is 7.64. The lowest BCUT2D eigenvalue weighted by Crippen LogP contribution is -2.32. The first kappa shape index (κ1) is 25.8. The van der Waals surface area contributed by atoms with E-state index in [0.29, 0.717) is 16.4 Å². The summed E-state index contributed by atoms with van der Waals surface area (Å²) in [6.45, 7) is 2.95. The summed E-state index contributed by atoms with van der Waals surface area (Å²) in [6.07, 6.45) is 1.47. The number of thiocarbonyl (C=S) groups is 1. The standard InChI is InChI=1S/C22H25F3N6OS/c1-2-3-4-13-27-21(33)31-30-14-16-5-7-17(8-6-16)20(26)29-15-28-18-9-11-19(12-10-18)32-22(23,24)25/h5-12,14-15H,2-4,13H2,1H3,(H2,26,28,29)(H2,27,31,33)/b30-14+. The van der Waals surface area contributed by atoms with Gasteiger partial charge in [-0.25, -0.2) is 9.98 Å². The number of hydrazone groups is 1. The molecule has 0 atom stereocenters. The molecule has 0 aliphatic carbocycles. The van der Waals surface area contributed by atoms with Crippen LogP contribution in [0.4, 0.5) is 18.9 Å². The predicted molar refractivity (Wildman–Crippen MR) is 129 cm³/mol. The lowest BCUT2D eigenvalue weighted by molar-refractivity contribution is -0.274. The Labute approximate surface area is 195 Å². The topological polar surface area (TPSA) is 96.4 Å². The molecule has 0 spiro atoms. The van der Waals surface area contributed by atoms with Gasteiger partial charge < -0.3 is 15.8 Å². The van der Waals surface area contributed by atoms with Gasteiger partial charge in [-0.2, -0.15) is 5.10 Å². The summed E-state index contributed by atoms with van der Waals surface area (Å²) in [4.78, 5) is 8.09. The van der Waals surface area contributed by atoms with E-state index >= 15 is 0 Å². The van der Waals surface area contributed by atoms with Crippen LogP contribution in [0.2, 0.25) is 0 Å². The molecule has 2 rings (SSSR count). The van der Waals surface area contributed by atoms with Gasteiger partial charge in [0.1, 0.15) is 17.9 Å². The van der Waals surface area contributed by atoms with Crippen LogP contribution in [0.15, 0.2) is 63.6 Å². The molecule has 0 amide bonds. The van der Waals surface area contributed by atoms with E-state index in [1.54, 1.807) is 18.3 Å². The van der Waals surface area contributed by atoms with Gasteiger partial charge >= 0.3 is 6.36 Å². The maximum absolute atomic E-state index is 12.2. The molecule has 11 heteroatoms. The van der Waals surface area contributed by atoms with Gasteiger partial charge in [-0.3, -0.25) is 5.43 Å². The number of hydrogen-bond acceptors (Lipinski definition) is 4. The number of alkyl halides is 3. The minimum atomic E-state index is -4.74. The average molecular weight is 479 g/mol. The van der Waals surface area contributed by atoms with Crippen molar-refractivity contribution in [2.24, 2.45) is 20.8 Å². The van der Waals surface area contributed by atoms with Crippen molar-refractivity contribution < 1.29 is 17.9 Å². The quantitative estimate of drug-likeness (QED) is 0.152. The van der Waals surface area contributed by atoms with Crippen molar-refractivity contribution in [3.8, 4) is 5.75 Å². The van der Waals surface area contributed by atoms with Crippen LogP contribution in [0, 0.1) is 0 Å². The third-order valence-electron chi connectivity index (χ3n) is 4.13. The molecule has 0 radical (unpaired) electrons. The number of aliphatic imine (C=N–C) groups is 2. The van der Waals surface area contributed by atoms with Gasteiger partial charge in [-0.15, -0.1) is 13.2 Å². The first-order chi connectivity index (χ1) is 15.8. The Bertz CT molecular complexity index is 973. The molecule has 176 valence electrons. The number of ether oxygens (including phenoxy) is 1. The zero-order valence-electron chi connectivity index (χ0n) is 18.0. The molecule has 0 fully saturated rings. The van der Waals surface area contributed by atoms with Gasteiger partial charge in [0, 0.05) is 12.1 Å². The molecule has 0 aromatic heterocycles. The fourth-order valence-electron chi connectivity index (χ4n) is 2.49. The Balaban J connectivity index is 1.85. The number of hydrogen-bond donors (Lipinski definition) is 3. The maximum Gasteiger partial charge on any atom is 0.573 e. The Morgan fingerprint density at radius 2 is 1.79 bits per heavy atom. The zero-order valence-corrected chi connectivity index (χ0v) is 18.8. The Hall–Kier alpha value is -3.47. The van der Waals surface area contributed by atoms with E-state index in [1.807, 2.05) is 12.1 Å². The molecule has 4 N–H and O–H groups in total. The first-order valence-electron chi connectivity index (χ1n) is 10.2. The zero-order chi connectivity index (χ0) is 24.1. The molecular weight excluding hydrogens is 453 g/mol. The predicted octanol–water partition coefficient (Wildman–Crippen LogP) is 4.64. The van der Waals surface area contributed by atoms with E-state index in [4.69, 9.17) is 18.0 Å². The fourth-order valence-corrected chi connectivity index (χ4v) is 2.64. The van der Waals surface area contributed by atoms with Gasteiger partial charge in [0.2, 0.25) is 0 Å². The normalized spacial score (nSPS) is 12.3. The lowest BCUT2D eigenvalue weighted by Gasteiger charge is -2.08. The van der Waals surface area contributed by atoms with Crippen molar-refractivity contribution in [2.45, 2.75) is 32.5 Å². The molecule has 0 aliphatic rings. The molecule has 0 saturated carbocycles. The van der Waals surface area contributed by atoms with Crippen LogP contribution in [0.3, 0.4) is 0 Å². The van der Waals surface area contributed by atoms with Crippen LogP contribution in [0.5, 0.6) is 5.75 Å². The number of amidine groups is 1. The van der Waals surface area contributed by atoms with Crippen molar-refractivity contribution in [3.63, 3.8) is 0 Å². The van der Waals surface area contributed by atoms with Crippen molar-refractivity contribution >= 4 is 41.4 Å². The highest BCUT2D eigenvalue weighted by Gasteiger charge is 2.30. The summed E-state index contributed by atoms with van der Waals surface area (Å²) >= 11 is 5.15. The number of nitrogens with one attached hydrogen (secondary N) is 2. The second-order valence-corrected chi connectivity index (χ2v) is 7.16. The molecular formula is C22H25F3N6OS. The van der Waals surface area contributed by atoms with Crippen molar-refractivity contribution in [3.05, 3.63) is 59.7 Å². The van der Waals surface area contributed by atoms with Crippen LogP contribution < -0.4 is 21.2 Å². The van der Waals surface area contributed by atoms with E-state index < -0.39 is 6.36 Å². The highest BCUT2D eigenvalue weighted by molar-refractivity contribution is 7.80. The Morgan fingerprint density at radius 1 is 1.09 bits per heavy atom. The van der Waals surface area contributed by atoms with Gasteiger partial charge in [-0.1, -0.05) is 44.0 Å². The maximum atomic E-state index is 12.2. The molecule has 0 aliphatic heterocycles. The first-order valence-corrected chi connectivity index (χ1v) is 10.6. The highest BCUT2D eigenvalue weighted by Crippen LogP contribution is 2.24. The molecule has 7 nitrogen and oxygen atoms in total. The molecule has 2 aromatic carbocycles. The molecule has 0 unspecified atom stereocenters. The van der Waals surface area contributed by atoms with Crippen LogP contribution in [0.25, 0.3) is 0 Å². The van der Waals surface area contributed by atoms with Crippen LogP contribution in [0.1, 0.15) is 37.3 Å².